The summed E-state index contributed by atoms with van der Waals surface area (Å²) in [5.41, 5.74) is 0.647. The molecule has 0 unspecified atom stereocenters. The largest absolute Gasteiger partial charge is 0.300 e. The highest BCUT2D eigenvalue weighted by Crippen LogP contribution is 2.27. The molecule has 0 aliphatic carbocycles. The molecule has 1 N–H and O–H groups in total. The van der Waals surface area contributed by atoms with Gasteiger partial charge in [0.2, 0.25) is 21.1 Å². The van der Waals surface area contributed by atoms with Crippen LogP contribution < -0.4 is 5.32 Å². The molecule has 11 heteroatoms. The number of aromatic nitrogens is 2. The van der Waals surface area contributed by atoms with E-state index < -0.39 is 10.0 Å². The van der Waals surface area contributed by atoms with Crippen LogP contribution in [0.1, 0.15) is 23.2 Å². The monoisotopic (exact) mass is 440 g/mol. The molecule has 1 fully saturated rings. The first-order chi connectivity index (χ1) is 13.3. The van der Waals surface area contributed by atoms with Crippen LogP contribution in [0.5, 0.6) is 0 Å². The van der Waals surface area contributed by atoms with Crippen LogP contribution in [0.25, 0.3) is 0 Å². The molecule has 2 heterocycles. The van der Waals surface area contributed by atoms with Gasteiger partial charge in [0.05, 0.1) is 12.0 Å². The van der Waals surface area contributed by atoms with Crippen LogP contribution in [0, 0.1) is 5.92 Å². The molecule has 1 aromatic heterocycles. The van der Waals surface area contributed by atoms with Gasteiger partial charge in [0.15, 0.2) is 10.1 Å². The Morgan fingerprint density at radius 2 is 1.89 bits per heavy atom. The standard InChI is InChI=1S/C17H20N4O4S3/c1-28(24,25)21-9-7-13(8-10-21)15(23)18-16-19-20-17(27-16)26-11-14(22)12-5-3-2-4-6-12/h2-6,13H,7-11H2,1H3,(H,18,19,23). The Labute approximate surface area is 171 Å². The van der Waals surface area contributed by atoms with Gasteiger partial charge in [-0.3, -0.25) is 9.59 Å². The summed E-state index contributed by atoms with van der Waals surface area (Å²) in [6.07, 6.45) is 2.13. The Bertz CT molecular complexity index is 938. The van der Waals surface area contributed by atoms with E-state index in [1.54, 1.807) is 12.1 Å². The predicted octanol–water partition coefficient (Wildman–Crippen LogP) is 2.12. The van der Waals surface area contributed by atoms with Gasteiger partial charge in [0, 0.05) is 24.6 Å². The van der Waals surface area contributed by atoms with E-state index in [4.69, 9.17) is 0 Å². The Morgan fingerprint density at radius 3 is 2.54 bits per heavy atom. The summed E-state index contributed by atoms with van der Waals surface area (Å²) in [5, 5.41) is 11.1. The third-order valence-corrected chi connectivity index (χ3v) is 7.63. The highest BCUT2D eigenvalue weighted by atomic mass is 32.2. The molecule has 0 spiro atoms. The SMILES string of the molecule is CS(=O)(=O)N1CCC(C(=O)Nc2nnc(SCC(=O)c3ccccc3)s2)CC1. The van der Waals surface area contributed by atoms with Crippen molar-refractivity contribution in [3.63, 3.8) is 0 Å². The number of nitrogens with zero attached hydrogens (tertiary/aromatic N) is 3. The molecule has 0 bridgehead atoms. The predicted molar refractivity (Wildman–Crippen MR) is 109 cm³/mol. The minimum absolute atomic E-state index is 0.00372. The first-order valence-corrected chi connectivity index (χ1v) is 12.3. The number of thioether (sulfide) groups is 1. The Kier molecular flexibility index (Phi) is 6.81. The van der Waals surface area contributed by atoms with Crippen molar-refractivity contribution in [2.75, 3.05) is 30.4 Å². The van der Waals surface area contributed by atoms with Gasteiger partial charge in [0.1, 0.15) is 0 Å². The van der Waals surface area contributed by atoms with Crippen LogP contribution in [0.3, 0.4) is 0 Å². The van der Waals surface area contributed by atoms with Gasteiger partial charge < -0.3 is 5.32 Å². The highest BCUT2D eigenvalue weighted by molar-refractivity contribution is 8.01. The second kappa shape index (κ2) is 9.12. The van der Waals surface area contributed by atoms with Gasteiger partial charge in [-0.25, -0.2) is 12.7 Å². The minimum atomic E-state index is -3.21. The molecule has 1 aromatic carbocycles. The summed E-state index contributed by atoms with van der Waals surface area (Å²) in [7, 11) is -3.21. The lowest BCUT2D eigenvalue weighted by atomic mass is 9.97. The van der Waals surface area contributed by atoms with Crippen LogP contribution in [-0.2, 0) is 14.8 Å². The topological polar surface area (TPSA) is 109 Å². The van der Waals surface area contributed by atoms with E-state index in [0.29, 0.717) is 41.0 Å². The van der Waals surface area contributed by atoms with Crippen molar-refractivity contribution in [3.05, 3.63) is 35.9 Å². The van der Waals surface area contributed by atoms with Gasteiger partial charge >= 0.3 is 0 Å². The average molecular weight is 441 g/mol. The Hall–Kier alpha value is -1.82. The summed E-state index contributed by atoms with van der Waals surface area (Å²) >= 11 is 2.50. The van der Waals surface area contributed by atoms with Crippen LogP contribution >= 0.6 is 23.1 Å². The number of carbonyl (C=O) groups excluding carboxylic acids is 2. The number of Topliss-reactive ketones (excluding diaryl/α,β-unsaturated/α-hetero) is 1. The van der Waals surface area contributed by atoms with Gasteiger partial charge in [-0.2, -0.15) is 0 Å². The minimum Gasteiger partial charge on any atom is -0.300 e. The van der Waals surface area contributed by atoms with Crippen LogP contribution in [0.15, 0.2) is 34.7 Å². The fraction of sp³-hybridized carbons (Fsp3) is 0.412. The maximum atomic E-state index is 12.4. The van der Waals surface area contributed by atoms with E-state index in [-0.39, 0.29) is 23.4 Å². The summed E-state index contributed by atoms with van der Waals surface area (Å²) in [4.78, 5) is 24.5. The molecule has 8 nitrogen and oxygen atoms in total. The average Bonchev–Trinajstić information content (AvgIpc) is 3.13. The van der Waals surface area contributed by atoms with E-state index in [9.17, 15) is 18.0 Å². The van der Waals surface area contributed by atoms with Crippen molar-refractivity contribution >= 4 is 49.9 Å². The van der Waals surface area contributed by atoms with Crippen molar-refractivity contribution < 1.29 is 18.0 Å². The number of carbonyl (C=O) groups is 2. The number of hydrogen-bond acceptors (Lipinski definition) is 8. The normalized spacial score (nSPS) is 16.0. The third kappa shape index (κ3) is 5.60. The van der Waals surface area contributed by atoms with Gasteiger partial charge in [0.25, 0.3) is 0 Å². The van der Waals surface area contributed by atoms with E-state index in [1.807, 2.05) is 18.2 Å². The summed E-state index contributed by atoms with van der Waals surface area (Å²) in [6, 6.07) is 9.02. The lowest BCUT2D eigenvalue weighted by Gasteiger charge is -2.29. The number of piperidine rings is 1. The first-order valence-electron chi connectivity index (χ1n) is 8.63. The molecule has 3 rings (SSSR count). The van der Waals surface area contributed by atoms with Crippen molar-refractivity contribution in [2.24, 2.45) is 5.92 Å². The molecule has 0 radical (unpaired) electrons. The van der Waals surface area contributed by atoms with E-state index in [1.165, 1.54) is 33.7 Å². The number of nitrogens with one attached hydrogen (secondary N) is 1. The second-order valence-corrected chi connectivity index (χ2v) is 10.6. The van der Waals surface area contributed by atoms with Crippen LogP contribution in [0.2, 0.25) is 0 Å². The number of anilines is 1. The van der Waals surface area contributed by atoms with Gasteiger partial charge in [-0.15, -0.1) is 10.2 Å². The van der Waals surface area contributed by atoms with E-state index in [2.05, 4.69) is 15.5 Å². The second-order valence-electron chi connectivity index (χ2n) is 6.38. The molecule has 1 aliphatic rings. The first kappa shape index (κ1) is 20.9. The molecule has 150 valence electrons. The van der Waals surface area contributed by atoms with Crippen molar-refractivity contribution in [3.8, 4) is 0 Å². The van der Waals surface area contributed by atoms with Crippen LogP contribution in [-0.4, -0.2) is 59.7 Å². The fourth-order valence-electron chi connectivity index (χ4n) is 2.81. The number of rotatable bonds is 7. The number of ketones is 1. The molecule has 2 aromatic rings. The highest BCUT2D eigenvalue weighted by Gasteiger charge is 2.29. The zero-order valence-corrected chi connectivity index (χ0v) is 17.6. The van der Waals surface area contributed by atoms with E-state index in [0.717, 1.165) is 0 Å². The molecule has 1 amide bonds. The lowest BCUT2D eigenvalue weighted by molar-refractivity contribution is -0.120. The maximum absolute atomic E-state index is 12.4. The maximum Gasteiger partial charge on any atom is 0.229 e. The van der Waals surface area contributed by atoms with Crippen molar-refractivity contribution in [2.45, 2.75) is 17.2 Å². The summed E-state index contributed by atoms with van der Waals surface area (Å²) in [6.45, 7) is 0.686. The Balaban J connectivity index is 1.48. The number of sulfonamides is 1. The van der Waals surface area contributed by atoms with E-state index >= 15 is 0 Å². The van der Waals surface area contributed by atoms with Gasteiger partial charge in [-0.05, 0) is 12.8 Å². The zero-order chi connectivity index (χ0) is 20.1. The number of hydrogen-bond donors (Lipinski definition) is 1. The number of amides is 1. The third-order valence-electron chi connectivity index (χ3n) is 4.35. The van der Waals surface area contributed by atoms with Crippen molar-refractivity contribution in [1.29, 1.82) is 0 Å². The molecule has 28 heavy (non-hydrogen) atoms. The molecular formula is C17H20N4O4S3. The summed E-state index contributed by atoms with van der Waals surface area (Å²) < 4.78 is 25.1. The molecule has 1 saturated heterocycles. The zero-order valence-electron chi connectivity index (χ0n) is 15.2. The van der Waals surface area contributed by atoms with Gasteiger partial charge in [-0.1, -0.05) is 53.4 Å². The van der Waals surface area contributed by atoms with Crippen LogP contribution in [0.4, 0.5) is 5.13 Å². The summed E-state index contributed by atoms with van der Waals surface area (Å²) in [5.74, 6) is -0.181. The molecule has 1 aliphatic heterocycles. The fourth-order valence-corrected chi connectivity index (χ4v) is 5.33. The lowest BCUT2D eigenvalue weighted by Crippen LogP contribution is -2.40. The number of benzene rings is 1. The van der Waals surface area contributed by atoms with Crippen molar-refractivity contribution in [1.82, 2.24) is 14.5 Å². The smallest absolute Gasteiger partial charge is 0.229 e. The Morgan fingerprint density at radius 1 is 1.21 bits per heavy atom. The molecule has 0 atom stereocenters. The molecule has 0 saturated carbocycles. The molecular weight excluding hydrogens is 420 g/mol. The quantitative estimate of drug-likeness (QED) is 0.399.